The van der Waals surface area contributed by atoms with Crippen molar-refractivity contribution in [2.45, 2.75) is 41.5 Å². The van der Waals surface area contributed by atoms with E-state index in [0.29, 0.717) is 0 Å². The third-order valence-corrected chi connectivity index (χ3v) is 3.22. The molecule has 0 aliphatic rings. The van der Waals surface area contributed by atoms with Crippen LogP contribution in [0.1, 0.15) is 41.5 Å². The molecule has 0 aromatic carbocycles. The van der Waals surface area contributed by atoms with Crippen LogP contribution >= 0.6 is 0 Å². The molecule has 0 saturated carbocycles. The molecule has 0 unspecified atom stereocenters. The first-order valence-electron chi connectivity index (χ1n) is 6.37. The Balaban J connectivity index is -0.000000231. The van der Waals surface area contributed by atoms with Crippen LogP contribution < -0.4 is 10.2 Å². The van der Waals surface area contributed by atoms with Crippen molar-refractivity contribution in [2.75, 3.05) is 13.2 Å². The van der Waals surface area contributed by atoms with Gasteiger partial charge in [0.2, 0.25) is 0 Å². The van der Waals surface area contributed by atoms with E-state index in [2.05, 4.69) is 0 Å². The minimum absolute atomic E-state index is 0.187. The zero-order chi connectivity index (χ0) is 17.3. The SMILES string of the molecule is CC(=O)/C=C(/C)[O-].CC(=O)/C=C(/C)[O-].CC[O][Zr+2][O]CC. The molecule has 0 bridgehead atoms. The summed E-state index contributed by atoms with van der Waals surface area (Å²) in [4.78, 5) is 20.0. The first kappa shape index (κ1) is 25.2. The zero-order valence-corrected chi connectivity index (χ0v) is 16.0. The molecule has 21 heavy (non-hydrogen) atoms. The second-order valence-corrected chi connectivity index (χ2v) is 5.51. The molecule has 0 aromatic heterocycles. The standard InChI is InChI=1S/2C5H8O2.2C2H5O.Zr/c2*1-4(6)3-5(2)7;2*1-2-3;/h2*3,6H,1-2H3;2*2H2,1H3;/q;;2*-1;+4/p-2/b2*4-3-;;;. The van der Waals surface area contributed by atoms with Gasteiger partial charge in [0.05, 0.1) is 0 Å². The molecule has 7 heteroatoms. The van der Waals surface area contributed by atoms with Crippen LogP contribution in [0.2, 0.25) is 0 Å². The van der Waals surface area contributed by atoms with Crippen LogP contribution in [0.3, 0.4) is 0 Å². The van der Waals surface area contributed by atoms with E-state index in [0.717, 1.165) is 25.4 Å². The average Bonchev–Trinajstić information content (AvgIpc) is 2.27. The second kappa shape index (κ2) is 19.2. The Morgan fingerprint density at radius 2 is 1.14 bits per heavy atom. The van der Waals surface area contributed by atoms with Gasteiger partial charge in [0.15, 0.2) is 11.6 Å². The van der Waals surface area contributed by atoms with Crippen molar-refractivity contribution in [3.8, 4) is 0 Å². The van der Waals surface area contributed by atoms with Crippen LogP contribution in [0.25, 0.3) is 0 Å². The zero-order valence-electron chi connectivity index (χ0n) is 13.5. The van der Waals surface area contributed by atoms with Gasteiger partial charge in [-0.25, -0.2) is 0 Å². The van der Waals surface area contributed by atoms with E-state index < -0.39 is 24.1 Å². The number of rotatable bonds is 6. The first-order valence-corrected chi connectivity index (χ1v) is 8.38. The molecule has 0 aliphatic heterocycles. The summed E-state index contributed by atoms with van der Waals surface area (Å²) < 4.78 is 10.0. The fourth-order valence-corrected chi connectivity index (χ4v) is 1.52. The molecule has 0 rings (SSSR count). The monoisotopic (exact) mass is 378 g/mol. The van der Waals surface area contributed by atoms with E-state index in [-0.39, 0.29) is 23.1 Å². The van der Waals surface area contributed by atoms with E-state index >= 15 is 0 Å². The molecule has 0 aromatic rings. The van der Waals surface area contributed by atoms with Gasteiger partial charge in [0.1, 0.15) is 0 Å². The fourth-order valence-electron chi connectivity index (χ4n) is 0.732. The van der Waals surface area contributed by atoms with Crippen LogP contribution in [0, 0.1) is 0 Å². The number of allylic oxidation sites excluding steroid dienone is 4. The molecular formula is C14H24O6Zr. The molecule has 120 valence electrons. The van der Waals surface area contributed by atoms with Crippen molar-refractivity contribution in [3.63, 3.8) is 0 Å². The van der Waals surface area contributed by atoms with Gasteiger partial charge >= 0.3 is 56.8 Å². The molecule has 6 nitrogen and oxygen atoms in total. The molecule has 0 radical (unpaired) electrons. The minimum atomic E-state index is -0.819. The molecule has 0 heterocycles. The van der Waals surface area contributed by atoms with Gasteiger partial charge in [-0.3, -0.25) is 9.59 Å². The van der Waals surface area contributed by atoms with Crippen molar-refractivity contribution in [3.05, 3.63) is 23.7 Å². The van der Waals surface area contributed by atoms with Crippen molar-refractivity contribution in [1.29, 1.82) is 0 Å². The summed E-state index contributed by atoms with van der Waals surface area (Å²) in [6.45, 7) is 11.0. The van der Waals surface area contributed by atoms with Gasteiger partial charge in [-0.15, -0.1) is 11.5 Å². The molecule has 0 saturated heterocycles. The van der Waals surface area contributed by atoms with Crippen molar-refractivity contribution in [2.24, 2.45) is 0 Å². The van der Waals surface area contributed by atoms with Crippen LogP contribution in [0.5, 0.6) is 0 Å². The third-order valence-electron chi connectivity index (χ3n) is 1.22. The summed E-state index contributed by atoms with van der Waals surface area (Å²) in [7, 11) is 0. The summed E-state index contributed by atoms with van der Waals surface area (Å²) in [6, 6.07) is 0. The van der Waals surface area contributed by atoms with Crippen molar-refractivity contribution < 1.29 is 49.5 Å². The van der Waals surface area contributed by atoms with Gasteiger partial charge < -0.3 is 10.2 Å². The predicted molar refractivity (Wildman–Crippen MR) is 72.1 cm³/mol. The Morgan fingerprint density at radius 3 is 1.24 bits per heavy atom. The van der Waals surface area contributed by atoms with E-state index in [9.17, 15) is 19.8 Å². The molecule has 0 N–H and O–H groups in total. The maximum absolute atomic E-state index is 9.98. The van der Waals surface area contributed by atoms with Crippen molar-refractivity contribution >= 4 is 11.6 Å². The van der Waals surface area contributed by atoms with Gasteiger partial charge in [-0.05, 0) is 26.0 Å². The molecule has 0 amide bonds. The summed E-state index contributed by atoms with van der Waals surface area (Å²) in [5.74, 6) is -0.750. The fraction of sp³-hybridized carbons (Fsp3) is 0.571. The van der Waals surface area contributed by atoms with Gasteiger partial charge in [-0.1, -0.05) is 13.8 Å². The summed E-state index contributed by atoms with van der Waals surface area (Å²) in [6.07, 6.45) is 2.11. The van der Waals surface area contributed by atoms with Gasteiger partial charge in [0.25, 0.3) is 0 Å². The van der Waals surface area contributed by atoms with Gasteiger partial charge in [-0.2, -0.15) is 0 Å². The molecule has 0 fully saturated rings. The number of carbonyl (C=O) groups is 2. The van der Waals surface area contributed by atoms with E-state index in [1.54, 1.807) is 0 Å². The molecule has 0 spiro atoms. The van der Waals surface area contributed by atoms with E-state index in [1.807, 2.05) is 13.8 Å². The summed E-state index contributed by atoms with van der Waals surface area (Å²) in [5.41, 5.74) is 0. The summed E-state index contributed by atoms with van der Waals surface area (Å²) in [5, 5.41) is 20.0. The Labute approximate surface area is 139 Å². The number of ketones is 2. The summed E-state index contributed by atoms with van der Waals surface area (Å²) >= 11 is -0.819. The third kappa shape index (κ3) is 45.3. The molecular weight excluding hydrogens is 355 g/mol. The molecule has 0 atom stereocenters. The van der Waals surface area contributed by atoms with E-state index in [1.165, 1.54) is 27.7 Å². The maximum atomic E-state index is 9.98. The number of carbonyl (C=O) groups excluding carboxylic acids is 2. The number of hydrogen-bond donors (Lipinski definition) is 0. The van der Waals surface area contributed by atoms with Crippen LogP contribution in [0.15, 0.2) is 23.7 Å². The Bertz CT molecular complexity index is 296. The Kier molecular flexibility index (Phi) is 23.1. The topological polar surface area (TPSA) is 98.7 Å². The second-order valence-electron chi connectivity index (χ2n) is 3.68. The Morgan fingerprint density at radius 1 is 0.857 bits per heavy atom. The normalized spacial score (nSPS) is 10.4. The van der Waals surface area contributed by atoms with Crippen molar-refractivity contribution in [1.82, 2.24) is 0 Å². The average molecular weight is 380 g/mol. The number of hydrogen-bond acceptors (Lipinski definition) is 6. The first-order chi connectivity index (χ1) is 9.67. The Hall–Kier alpha value is -0.777. The van der Waals surface area contributed by atoms with Crippen LogP contribution in [-0.2, 0) is 39.3 Å². The van der Waals surface area contributed by atoms with Crippen LogP contribution in [0.4, 0.5) is 0 Å². The quantitative estimate of drug-likeness (QED) is 0.382. The van der Waals surface area contributed by atoms with Crippen LogP contribution in [-0.4, -0.2) is 24.8 Å². The van der Waals surface area contributed by atoms with Gasteiger partial charge in [0, 0.05) is 0 Å². The predicted octanol–water partition coefficient (Wildman–Crippen LogP) is 0.651. The van der Waals surface area contributed by atoms with E-state index in [4.69, 9.17) is 5.63 Å². The molecule has 0 aliphatic carbocycles.